The molecule has 0 saturated carbocycles. The van der Waals surface area contributed by atoms with Gasteiger partial charge in [-0.3, -0.25) is 14.6 Å². The molecule has 3 aromatic rings. The number of halogens is 1. The molecule has 1 unspecified atom stereocenters. The lowest BCUT2D eigenvalue weighted by molar-refractivity contribution is 0.0108. The van der Waals surface area contributed by atoms with Crippen LogP contribution in [0, 0.1) is 0 Å². The van der Waals surface area contributed by atoms with Crippen LogP contribution < -0.4 is 0 Å². The average molecular weight is 374 g/mol. The number of β-amino-alcohol motifs (C(OH)–C–C–N with tert-alkyl or cyclic N) is 1. The van der Waals surface area contributed by atoms with E-state index in [-0.39, 0.29) is 0 Å². The van der Waals surface area contributed by atoms with E-state index in [1.165, 1.54) is 0 Å². The molecular weight excluding hydrogens is 354 g/mol. The smallest absolute Gasteiger partial charge is 0.129 e. The number of rotatable bonds is 5. The summed E-state index contributed by atoms with van der Waals surface area (Å²) in [7, 11) is 0. The molecule has 1 fully saturated rings. The maximum atomic E-state index is 10.3. The molecule has 4 rings (SSSR count). The molecule has 0 amide bonds. The highest BCUT2D eigenvalue weighted by atomic mass is 35.5. The Morgan fingerprint density at radius 2 is 1.96 bits per heavy atom. The Kier molecular flexibility index (Phi) is 5.12. The second kappa shape index (κ2) is 7.67. The van der Waals surface area contributed by atoms with Crippen LogP contribution in [0.2, 0.25) is 5.15 Å². The van der Waals surface area contributed by atoms with Gasteiger partial charge in [-0.05, 0) is 18.2 Å². The number of hydrogen-bond acceptors (Lipinski definition) is 6. The largest absolute Gasteiger partial charge is 0.390 e. The first kappa shape index (κ1) is 17.4. The molecule has 8 heteroatoms. The highest BCUT2D eigenvalue weighted by Crippen LogP contribution is 2.22. The summed E-state index contributed by atoms with van der Waals surface area (Å²) in [5.74, 6) is 0. The lowest BCUT2D eigenvalue weighted by atomic mass is 10.1. The number of aliphatic hydroxyl groups excluding tert-OH is 1. The third kappa shape index (κ3) is 4.02. The molecule has 26 heavy (non-hydrogen) atoms. The maximum Gasteiger partial charge on any atom is 0.129 e. The van der Waals surface area contributed by atoms with Crippen LogP contribution in [0.1, 0.15) is 0 Å². The van der Waals surface area contributed by atoms with Gasteiger partial charge in [-0.2, -0.15) is 5.10 Å². The zero-order valence-electron chi connectivity index (χ0n) is 14.3. The van der Waals surface area contributed by atoms with Gasteiger partial charge in [-0.25, -0.2) is 4.98 Å². The fraction of sp³-hybridized carbons (Fsp3) is 0.389. The van der Waals surface area contributed by atoms with Crippen LogP contribution in [0.25, 0.3) is 22.2 Å². The molecule has 4 heterocycles. The molecular formula is C18H20ClN5O2. The van der Waals surface area contributed by atoms with Crippen LogP contribution >= 0.6 is 11.6 Å². The van der Waals surface area contributed by atoms with E-state index >= 15 is 0 Å². The highest BCUT2D eigenvalue weighted by Gasteiger charge is 2.16. The van der Waals surface area contributed by atoms with Crippen molar-refractivity contribution in [2.24, 2.45) is 0 Å². The fourth-order valence-electron chi connectivity index (χ4n) is 3.11. The Labute approximate surface area is 156 Å². The van der Waals surface area contributed by atoms with E-state index in [2.05, 4.69) is 20.0 Å². The summed E-state index contributed by atoms with van der Waals surface area (Å²) in [6.07, 6.45) is 5.00. The van der Waals surface area contributed by atoms with Gasteiger partial charge in [0.1, 0.15) is 5.15 Å². The van der Waals surface area contributed by atoms with E-state index in [0.29, 0.717) is 18.2 Å². The van der Waals surface area contributed by atoms with Gasteiger partial charge in [-0.1, -0.05) is 11.6 Å². The first-order chi connectivity index (χ1) is 12.7. The van der Waals surface area contributed by atoms with E-state index in [4.69, 9.17) is 16.3 Å². The number of fused-ring (bicyclic) bond motifs is 1. The van der Waals surface area contributed by atoms with Crippen LogP contribution in [-0.4, -0.2) is 68.7 Å². The van der Waals surface area contributed by atoms with Crippen LogP contribution in [-0.2, 0) is 11.3 Å². The number of aromatic nitrogens is 4. The predicted molar refractivity (Wildman–Crippen MR) is 99.0 cm³/mol. The molecule has 1 N–H and O–H groups in total. The second-order valence-corrected chi connectivity index (χ2v) is 6.80. The number of nitrogens with zero attached hydrogens (tertiary/aromatic N) is 5. The minimum absolute atomic E-state index is 0.443. The number of pyridine rings is 2. The summed E-state index contributed by atoms with van der Waals surface area (Å²) in [4.78, 5) is 10.9. The average Bonchev–Trinajstić information content (AvgIpc) is 3.10. The molecule has 1 saturated heterocycles. The summed E-state index contributed by atoms with van der Waals surface area (Å²) in [5, 5.41) is 15.1. The molecule has 0 aromatic carbocycles. The van der Waals surface area contributed by atoms with Crippen molar-refractivity contribution in [1.82, 2.24) is 24.6 Å². The van der Waals surface area contributed by atoms with Gasteiger partial charge < -0.3 is 9.84 Å². The summed E-state index contributed by atoms with van der Waals surface area (Å²) >= 11 is 5.96. The topological polar surface area (TPSA) is 76.3 Å². The Balaban J connectivity index is 1.45. The van der Waals surface area contributed by atoms with Gasteiger partial charge in [-0.15, -0.1) is 0 Å². The molecule has 0 aliphatic carbocycles. The van der Waals surface area contributed by atoms with Gasteiger partial charge in [0, 0.05) is 43.2 Å². The van der Waals surface area contributed by atoms with Gasteiger partial charge in [0.25, 0.3) is 0 Å². The zero-order chi connectivity index (χ0) is 17.9. The molecule has 0 radical (unpaired) electrons. The summed E-state index contributed by atoms with van der Waals surface area (Å²) in [6, 6.07) is 5.52. The first-order valence-corrected chi connectivity index (χ1v) is 8.98. The molecule has 1 aliphatic heterocycles. The van der Waals surface area contributed by atoms with Crippen LogP contribution in [0.15, 0.2) is 36.8 Å². The number of hydrogen-bond donors (Lipinski definition) is 1. The lowest BCUT2D eigenvalue weighted by Gasteiger charge is -2.28. The van der Waals surface area contributed by atoms with E-state index in [1.807, 2.05) is 18.3 Å². The van der Waals surface area contributed by atoms with Crippen molar-refractivity contribution in [3.8, 4) is 11.1 Å². The SMILES string of the molecule is OC(CN1CCOCC1)Cn1cc(-c2cnc3ccc(Cl)nc3c2)cn1. The molecule has 3 aromatic heterocycles. The Morgan fingerprint density at radius 1 is 1.12 bits per heavy atom. The molecule has 136 valence electrons. The lowest BCUT2D eigenvalue weighted by Crippen LogP contribution is -2.42. The van der Waals surface area contributed by atoms with Crippen molar-refractivity contribution in [2.45, 2.75) is 12.6 Å². The third-order valence-corrected chi connectivity index (χ3v) is 4.65. The Bertz CT molecular complexity index is 894. The summed E-state index contributed by atoms with van der Waals surface area (Å²) in [5.41, 5.74) is 3.39. The monoisotopic (exact) mass is 373 g/mol. The quantitative estimate of drug-likeness (QED) is 0.688. The second-order valence-electron chi connectivity index (χ2n) is 6.41. The minimum atomic E-state index is -0.476. The van der Waals surface area contributed by atoms with Gasteiger partial charge in [0.2, 0.25) is 0 Å². The van der Waals surface area contributed by atoms with Crippen molar-refractivity contribution in [1.29, 1.82) is 0 Å². The Morgan fingerprint density at radius 3 is 2.81 bits per heavy atom. The van der Waals surface area contributed by atoms with Crippen molar-refractivity contribution < 1.29 is 9.84 Å². The molecule has 0 spiro atoms. The van der Waals surface area contributed by atoms with Crippen molar-refractivity contribution >= 4 is 22.6 Å². The fourth-order valence-corrected chi connectivity index (χ4v) is 3.26. The minimum Gasteiger partial charge on any atom is -0.390 e. The maximum absolute atomic E-state index is 10.3. The Hall–Kier alpha value is -2.06. The van der Waals surface area contributed by atoms with Gasteiger partial charge in [0.15, 0.2) is 0 Å². The number of ether oxygens (including phenoxy) is 1. The van der Waals surface area contributed by atoms with Gasteiger partial charge >= 0.3 is 0 Å². The van der Waals surface area contributed by atoms with Crippen molar-refractivity contribution in [3.63, 3.8) is 0 Å². The molecule has 1 atom stereocenters. The molecule has 1 aliphatic rings. The summed E-state index contributed by atoms with van der Waals surface area (Å²) < 4.78 is 7.09. The normalized spacial score (nSPS) is 16.8. The van der Waals surface area contributed by atoms with E-state index < -0.39 is 6.10 Å². The van der Waals surface area contributed by atoms with Crippen molar-refractivity contribution in [2.75, 3.05) is 32.8 Å². The predicted octanol–water partition coefficient (Wildman–Crippen LogP) is 1.84. The van der Waals surface area contributed by atoms with Crippen LogP contribution in [0.5, 0.6) is 0 Å². The van der Waals surface area contributed by atoms with Crippen LogP contribution in [0.4, 0.5) is 0 Å². The number of morpholine rings is 1. The van der Waals surface area contributed by atoms with E-state index in [0.717, 1.165) is 48.5 Å². The first-order valence-electron chi connectivity index (χ1n) is 8.61. The zero-order valence-corrected chi connectivity index (χ0v) is 15.0. The van der Waals surface area contributed by atoms with Crippen LogP contribution in [0.3, 0.4) is 0 Å². The molecule has 0 bridgehead atoms. The summed E-state index contributed by atoms with van der Waals surface area (Å²) in [6.45, 7) is 4.25. The number of aliphatic hydroxyl groups is 1. The standard InChI is InChI=1S/C18H20ClN5O2/c19-18-2-1-16-17(22-18)7-13(8-20-16)14-9-21-24(10-14)12-15(25)11-23-3-5-26-6-4-23/h1-2,7-10,15,25H,3-6,11-12H2. The third-order valence-electron chi connectivity index (χ3n) is 4.44. The highest BCUT2D eigenvalue weighted by molar-refractivity contribution is 6.29. The van der Waals surface area contributed by atoms with Gasteiger partial charge in [0.05, 0.1) is 43.1 Å². The van der Waals surface area contributed by atoms with E-state index in [9.17, 15) is 5.11 Å². The van der Waals surface area contributed by atoms with Crippen molar-refractivity contribution in [3.05, 3.63) is 41.9 Å². The van der Waals surface area contributed by atoms with E-state index in [1.54, 1.807) is 23.1 Å². The molecule has 7 nitrogen and oxygen atoms in total.